The van der Waals surface area contributed by atoms with Gasteiger partial charge in [-0.25, -0.2) is 0 Å². The zero-order valence-electron chi connectivity index (χ0n) is 14.8. The Labute approximate surface area is 161 Å². The summed E-state index contributed by atoms with van der Waals surface area (Å²) in [5.41, 5.74) is 2.11. The number of hydrogen-bond donors (Lipinski definition) is 1. The summed E-state index contributed by atoms with van der Waals surface area (Å²) in [4.78, 5) is 17.8. The van der Waals surface area contributed by atoms with E-state index in [9.17, 15) is 4.79 Å². The van der Waals surface area contributed by atoms with Gasteiger partial charge in [0.2, 0.25) is 17.6 Å². The molecule has 2 aromatic heterocycles. The van der Waals surface area contributed by atoms with Gasteiger partial charge in [-0.2, -0.15) is 4.98 Å². The molecule has 136 valence electrons. The number of aryl methyl sites for hydroxylation is 1. The number of carbonyl (C=O) groups excluding carboxylic acids is 1. The second-order valence-electron chi connectivity index (χ2n) is 5.95. The van der Waals surface area contributed by atoms with E-state index in [-0.39, 0.29) is 11.2 Å². The second kappa shape index (κ2) is 9.00. The Bertz CT molecular complexity index is 829. The number of thiophene rings is 1. The maximum Gasteiger partial charge on any atom is 0.236 e. The maximum atomic E-state index is 12.2. The molecule has 0 aliphatic carbocycles. The van der Waals surface area contributed by atoms with Crippen LogP contribution >= 0.6 is 23.1 Å². The van der Waals surface area contributed by atoms with E-state index >= 15 is 0 Å². The summed E-state index contributed by atoms with van der Waals surface area (Å²) in [6.45, 7) is 4.58. The lowest BCUT2D eigenvalue weighted by Gasteiger charge is -2.10. The van der Waals surface area contributed by atoms with Crippen molar-refractivity contribution >= 4 is 29.0 Å². The van der Waals surface area contributed by atoms with Crippen LogP contribution in [0, 0.1) is 6.92 Å². The third kappa shape index (κ3) is 5.19. The normalized spacial score (nSPS) is 12.1. The molecule has 5 nitrogen and oxygen atoms in total. The van der Waals surface area contributed by atoms with Gasteiger partial charge in [0.15, 0.2) is 0 Å². The predicted molar refractivity (Wildman–Crippen MR) is 106 cm³/mol. The molecule has 3 rings (SSSR count). The van der Waals surface area contributed by atoms with Crippen molar-refractivity contribution in [2.75, 3.05) is 6.54 Å². The Hall–Kier alpha value is -2.12. The zero-order valence-corrected chi connectivity index (χ0v) is 16.4. The van der Waals surface area contributed by atoms with Crippen molar-refractivity contribution in [2.45, 2.75) is 31.3 Å². The summed E-state index contributed by atoms with van der Waals surface area (Å²) < 4.78 is 5.30. The summed E-state index contributed by atoms with van der Waals surface area (Å²) in [5, 5.41) is 8.87. The molecule has 0 aliphatic rings. The van der Waals surface area contributed by atoms with E-state index in [0.717, 1.165) is 12.0 Å². The Kier molecular flexibility index (Phi) is 6.46. The highest BCUT2D eigenvalue weighted by molar-refractivity contribution is 7.99. The number of amides is 1. The van der Waals surface area contributed by atoms with Crippen LogP contribution in [0.25, 0.3) is 11.4 Å². The molecule has 2 heterocycles. The number of benzene rings is 1. The Balaban J connectivity index is 1.44. The molecule has 26 heavy (non-hydrogen) atoms. The Morgan fingerprint density at radius 3 is 2.85 bits per heavy atom. The fourth-order valence-electron chi connectivity index (χ4n) is 2.31. The van der Waals surface area contributed by atoms with Crippen molar-refractivity contribution in [3.8, 4) is 11.4 Å². The van der Waals surface area contributed by atoms with Gasteiger partial charge in [-0.15, -0.1) is 23.1 Å². The van der Waals surface area contributed by atoms with E-state index in [1.807, 2.05) is 49.6 Å². The molecule has 0 aliphatic heterocycles. The molecule has 1 aromatic carbocycles. The molecule has 0 saturated carbocycles. The molecule has 0 spiro atoms. The minimum Gasteiger partial charge on any atom is -0.355 e. The third-order valence-electron chi connectivity index (χ3n) is 3.85. The molecule has 1 atom stereocenters. The summed E-state index contributed by atoms with van der Waals surface area (Å²) in [7, 11) is 0. The Morgan fingerprint density at radius 1 is 1.31 bits per heavy atom. The average Bonchev–Trinajstić information content (AvgIpc) is 3.32. The molecular formula is C19H21N3O2S2. The second-order valence-corrected chi connectivity index (χ2v) is 8.31. The smallest absolute Gasteiger partial charge is 0.236 e. The van der Waals surface area contributed by atoms with Crippen LogP contribution in [0.4, 0.5) is 0 Å². The van der Waals surface area contributed by atoms with E-state index in [1.165, 1.54) is 22.2 Å². The summed E-state index contributed by atoms with van der Waals surface area (Å²) in [5.74, 6) is 1.65. The first-order chi connectivity index (χ1) is 12.6. The van der Waals surface area contributed by atoms with Gasteiger partial charge in [0.1, 0.15) is 0 Å². The molecule has 1 N–H and O–H groups in total. The fraction of sp³-hybridized carbons (Fsp3) is 0.316. The van der Waals surface area contributed by atoms with Gasteiger partial charge in [-0.1, -0.05) is 41.1 Å². The van der Waals surface area contributed by atoms with E-state index < -0.39 is 0 Å². The number of hydrogen-bond acceptors (Lipinski definition) is 6. The Morgan fingerprint density at radius 2 is 2.12 bits per heavy atom. The van der Waals surface area contributed by atoms with Crippen LogP contribution in [0.3, 0.4) is 0 Å². The van der Waals surface area contributed by atoms with E-state index in [2.05, 4.69) is 21.5 Å². The van der Waals surface area contributed by atoms with Crippen molar-refractivity contribution in [1.82, 2.24) is 15.5 Å². The minimum absolute atomic E-state index is 0.0322. The number of nitrogens with zero attached hydrogens (tertiary/aromatic N) is 2. The van der Waals surface area contributed by atoms with Crippen LogP contribution in [0.1, 0.15) is 23.3 Å². The van der Waals surface area contributed by atoms with Crippen molar-refractivity contribution in [3.05, 3.63) is 58.1 Å². The van der Waals surface area contributed by atoms with Gasteiger partial charge in [0, 0.05) is 17.0 Å². The molecule has 0 bridgehead atoms. The van der Waals surface area contributed by atoms with Crippen molar-refractivity contribution in [3.63, 3.8) is 0 Å². The fourth-order valence-corrected chi connectivity index (χ4v) is 3.77. The van der Waals surface area contributed by atoms with E-state index in [4.69, 9.17) is 4.52 Å². The molecule has 3 aromatic rings. The number of carbonyl (C=O) groups is 1. The lowest BCUT2D eigenvalue weighted by molar-refractivity contribution is -0.120. The lowest BCUT2D eigenvalue weighted by atomic mass is 10.1. The minimum atomic E-state index is -0.173. The van der Waals surface area contributed by atoms with Gasteiger partial charge < -0.3 is 9.84 Å². The highest BCUT2D eigenvalue weighted by atomic mass is 32.2. The van der Waals surface area contributed by atoms with Crippen LogP contribution in [-0.2, 0) is 17.0 Å². The molecule has 1 amide bonds. The molecule has 0 radical (unpaired) electrons. The molecule has 0 fully saturated rings. The third-order valence-corrected chi connectivity index (χ3v) is 5.92. The van der Waals surface area contributed by atoms with Crippen molar-refractivity contribution < 1.29 is 9.32 Å². The maximum absolute atomic E-state index is 12.2. The van der Waals surface area contributed by atoms with Crippen LogP contribution in [0.5, 0.6) is 0 Å². The average molecular weight is 388 g/mol. The number of rotatable bonds is 8. The first kappa shape index (κ1) is 18.7. The molecule has 7 heteroatoms. The standard InChI is InChI=1S/C19H21N3O2S2/c1-13-5-7-15(8-6-13)18-21-17(24-22-18)12-26-14(2)19(23)20-10-9-16-4-3-11-25-16/h3-8,11,14H,9-10,12H2,1-2H3,(H,20,23). The van der Waals surface area contributed by atoms with Gasteiger partial charge in [-0.05, 0) is 31.7 Å². The van der Waals surface area contributed by atoms with Crippen molar-refractivity contribution in [2.24, 2.45) is 0 Å². The van der Waals surface area contributed by atoms with E-state index in [1.54, 1.807) is 11.3 Å². The van der Waals surface area contributed by atoms with Crippen LogP contribution in [0.15, 0.2) is 46.3 Å². The number of nitrogens with one attached hydrogen (secondary N) is 1. The first-order valence-corrected chi connectivity index (χ1v) is 10.4. The van der Waals surface area contributed by atoms with Crippen LogP contribution in [0.2, 0.25) is 0 Å². The number of aromatic nitrogens is 2. The molecule has 0 saturated heterocycles. The quantitative estimate of drug-likeness (QED) is 0.631. The van der Waals surface area contributed by atoms with Gasteiger partial charge in [0.25, 0.3) is 0 Å². The zero-order chi connectivity index (χ0) is 18.4. The topological polar surface area (TPSA) is 68.0 Å². The van der Waals surface area contributed by atoms with Crippen LogP contribution in [-0.4, -0.2) is 27.8 Å². The van der Waals surface area contributed by atoms with Gasteiger partial charge in [-0.3, -0.25) is 4.79 Å². The largest absolute Gasteiger partial charge is 0.355 e. The lowest BCUT2D eigenvalue weighted by Crippen LogP contribution is -2.32. The summed E-state index contributed by atoms with van der Waals surface area (Å²) in [6.07, 6.45) is 0.865. The summed E-state index contributed by atoms with van der Waals surface area (Å²) in [6, 6.07) is 12.1. The van der Waals surface area contributed by atoms with Crippen LogP contribution < -0.4 is 5.32 Å². The monoisotopic (exact) mass is 387 g/mol. The highest BCUT2D eigenvalue weighted by Crippen LogP contribution is 2.21. The SMILES string of the molecule is Cc1ccc(-c2noc(CSC(C)C(=O)NCCc3cccs3)n2)cc1. The predicted octanol–water partition coefficient (Wildman–Crippen LogP) is 4.09. The summed E-state index contributed by atoms with van der Waals surface area (Å²) >= 11 is 3.20. The first-order valence-electron chi connectivity index (χ1n) is 8.43. The van der Waals surface area contributed by atoms with Gasteiger partial charge >= 0.3 is 0 Å². The van der Waals surface area contributed by atoms with Crippen molar-refractivity contribution in [1.29, 1.82) is 0 Å². The number of thioether (sulfide) groups is 1. The van der Waals surface area contributed by atoms with Gasteiger partial charge in [0.05, 0.1) is 11.0 Å². The molecular weight excluding hydrogens is 366 g/mol. The highest BCUT2D eigenvalue weighted by Gasteiger charge is 2.16. The van der Waals surface area contributed by atoms with E-state index in [0.29, 0.717) is 24.0 Å². The molecule has 1 unspecified atom stereocenters.